The zero-order chi connectivity index (χ0) is 17.9. The SMILES string of the molecule is CC(C)(C)OC(=O)CCNS(=O)(=O)c1cccc(C(F)(F)F)c1. The van der Waals surface area contributed by atoms with Gasteiger partial charge in [0.2, 0.25) is 10.0 Å². The number of hydrogen-bond donors (Lipinski definition) is 1. The van der Waals surface area contributed by atoms with Gasteiger partial charge in [-0.05, 0) is 39.0 Å². The molecule has 0 saturated heterocycles. The van der Waals surface area contributed by atoms with Gasteiger partial charge >= 0.3 is 12.1 Å². The maximum atomic E-state index is 12.6. The molecular formula is C14H18F3NO4S. The van der Waals surface area contributed by atoms with Gasteiger partial charge in [-0.25, -0.2) is 13.1 Å². The molecule has 0 spiro atoms. The van der Waals surface area contributed by atoms with Crippen LogP contribution in [0, 0.1) is 0 Å². The van der Waals surface area contributed by atoms with Crippen LogP contribution in [0.25, 0.3) is 0 Å². The Labute approximate surface area is 132 Å². The molecular weight excluding hydrogens is 335 g/mol. The van der Waals surface area contributed by atoms with Crippen LogP contribution < -0.4 is 4.72 Å². The Balaban J connectivity index is 2.72. The Morgan fingerprint density at radius 1 is 1.22 bits per heavy atom. The first-order chi connectivity index (χ1) is 10.3. The summed E-state index contributed by atoms with van der Waals surface area (Å²) in [5.41, 5.74) is -1.76. The molecule has 0 aliphatic heterocycles. The fourth-order valence-corrected chi connectivity index (χ4v) is 2.68. The number of benzene rings is 1. The summed E-state index contributed by atoms with van der Waals surface area (Å²) in [6.45, 7) is 4.72. The second-order valence-electron chi connectivity index (χ2n) is 5.76. The first-order valence-electron chi connectivity index (χ1n) is 6.70. The Bertz CT molecular complexity index is 663. The summed E-state index contributed by atoms with van der Waals surface area (Å²) >= 11 is 0. The van der Waals surface area contributed by atoms with Crippen LogP contribution in [0.5, 0.6) is 0 Å². The van der Waals surface area contributed by atoms with Crippen molar-refractivity contribution >= 4 is 16.0 Å². The predicted molar refractivity (Wildman–Crippen MR) is 77.1 cm³/mol. The van der Waals surface area contributed by atoms with E-state index in [2.05, 4.69) is 4.72 Å². The molecule has 0 saturated carbocycles. The van der Waals surface area contributed by atoms with Crippen molar-refractivity contribution in [3.8, 4) is 0 Å². The van der Waals surface area contributed by atoms with Crippen molar-refractivity contribution in [3.05, 3.63) is 29.8 Å². The highest BCUT2D eigenvalue weighted by atomic mass is 32.2. The number of ether oxygens (including phenoxy) is 1. The summed E-state index contributed by atoms with van der Waals surface area (Å²) in [6, 6.07) is 3.37. The van der Waals surface area contributed by atoms with E-state index in [1.54, 1.807) is 20.8 Å². The van der Waals surface area contributed by atoms with Crippen LogP contribution in [0.3, 0.4) is 0 Å². The number of hydrogen-bond acceptors (Lipinski definition) is 4. The highest BCUT2D eigenvalue weighted by molar-refractivity contribution is 7.89. The van der Waals surface area contributed by atoms with Gasteiger partial charge in [0.05, 0.1) is 16.9 Å². The Hall–Kier alpha value is -1.61. The third-order valence-corrected chi connectivity index (χ3v) is 3.97. The van der Waals surface area contributed by atoms with Crippen molar-refractivity contribution in [1.29, 1.82) is 0 Å². The van der Waals surface area contributed by atoms with Crippen LogP contribution in [0.2, 0.25) is 0 Å². The molecule has 0 unspecified atom stereocenters. The van der Waals surface area contributed by atoms with E-state index in [4.69, 9.17) is 4.74 Å². The van der Waals surface area contributed by atoms with E-state index in [1.807, 2.05) is 0 Å². The first-order valence-corrected chi connectivity index (χ1v) is 8.18. The molecule has 23 heavy (non-hydrogen) atoms. The molecule has 1 N–H and O–H groups in total. The minimum absolute atomic E-state index is 0.227. The molecule has 130 valence electrons. The number of alkyl halides is 3. The molecule has 1 aromatic rings. The quantitative estimate of drug-likeness (QED) is 0.826. The third-order valence-electron chi connectivity index (χ3n) is 2.51. The van der Waals surface area contributed by atoms with Crippen LogP contribution in [0.1, 0.15) is 32.8 Å². The van der Waals surface area contributed by atoms with Crippen LogP contribution in [0.4, 0.5) is 13.2 Å². The molecule has 0 heterocycles. The van der Waals surface area contributed by atoms with Gasteiger partial charge in [0.1, 0.15) is 5.60 Å². The zero-order valence-electron chi connectivity index (χ0n) is 12.9. The topological polar surface area (TPSA) is 72.5 Å². The molecule has 5 nitrogen and oxygen atoms in total. The van der Waals surface area contributed by atoms with Gasteiger partial charge in [0, 0.05) is 6.54 Å². The van der Waals surface area contributed by atoms with E-state index in [0.717, 1.165) is 18.2 Å². The lowest BCUT2D eigenvalue weighted by Gasteiger charge is -2.19. The molecule has 0 bridgehead atoms. The minimum atomic E-state index is -4.64. The van der Waals surface area contributed by atoms with Gasteiger partial charge in [-0.3, -0.25) is 4.79 Å². The van der Waals surface area contributed by atoms with Crippen molar-refractivity contribution in [2.45, 2.75) is 43.9 Å². The smallest absolute Gasteiger partial charge is 0.416 e. The minimum Gasteiger partial charge on any atom is -0.460 e. The van der Waals surface area contributed by atoms with E-state index in [9.17, 15) is 26.4 Å². The van der Waals surface area contributed by atoms with Crippen molar-refractivity contribution in [1.82, 2.24) is 4.72 Å². The fourth-order valence-electron chi connectivity index (χ4n) is 1.60. The maximum Gasteiger partial charge on any atom is 0.416 e. The summed E-state index contributed by atoms with van der Waals surface area (Å²) in [5, 5.41) is 0. The lowest BCUT2D eigenvalue weighted by Crippen LogP contribution is -2.29. The van der Waals surface area contributed by atoms with Gasteiger partial charge in [0.15, 0.2) is 0 Å². The molecule has 0 atom stereocenters. The summed E-state index contributed by atoms with van der Waals surface area (Å²) < 4.78 is 68.8. The molecule has 9 heteroatoms. The largest absolute Gasteiger partial charge is 0.460 e. The zero-order valence-corrected chi connectivity index (χ0v) is 13.7. The molecule has 0 radical (unpaired) electrons. The summed E-state index contributed by atoms with van der Waals surface area (Å²) in [6.07, 6.45) is -4.86. The number of halogens is 3. The van der Waals surface area contributed by atoms with E-state index < -0.39 is 38.2 Å². The van der Waals surface area contributed by atoms with Gasteiger partial charge in [0.25, 0.3) is 0 Å². The number of carbonyl (C=O) groups is 1. The lowest BCUT2D eigenvalue weighted by molar-refractivity contribution is -0.154. The molecule has 0 fully saturated rings. The summed E-state index contributed by atoms with van der Waals surface area (Å²) in [7, 11) is -4.14. The Morgan fingerprint density at radius 3 is 2.35 bits per heavy atom. The van der Waals surface area contributed by atoms with Crippen molar-refractivity contribution in [2.75, 3.05) is 6.54 Å². The summed E-state index contributed by atoms with van der Waals surface area (Å²) in [5.74, 6) is -0.607. The molecule has 0 amide bonds. The van der Waals surface area contributed by atoms with Crippen LogP contribution in [-0.2, 0) is 25.7 Å². The number of carbonyl (C=O) groups excluding carboxylic acids is 1. The van der Waals surface area contributed by atoms with E-state index in [0.29, 0.717) is 6.07 Å². The molecule has 0 aromatic heterocycles. The van der Waals surface area contributed by atoms with Crippen molar-refractivity contribution in [2.24, 2.45) is 0 Å². The third kappa shape index (κ3) is 6.57. The molecule has 1 aromatic carbocycles. The highest BCUT2D eigenvalue weighted by Gasteiger charge is 2.31. The van der Waals surface area contributed by atoms with Gasteiger partial charge in [-0.2, -0.15) is 13.2 Å². The number of nitrogens with one attached hydrogen (secondary N) is 1. The van der Waals surface area contributed by atoms with E-state index in [-0.39, 0.29) is 13.0 Å². The fraction of sp³-hybridized carbons (Fsp3) is 0.500. The number of rotatable bonds is 5. The maximum absolute atomic E-state index is 12.6. The number of sulfonamides is 1. The Morgan fingerprint density at radius 2 is 1.83 bits per heavy atom. The number of esters is 1. The second-order valence-corrected chi connectivity index (χ2v) is 7.53. The molecule has 0 aliphatic carbocycles. The van der Waals surface area contributed by atoms with Crippen molar-refractivity contribution < 1.29 is 31.1 Å². The van der Waals surface area contributed by atoms with Crippen LogP contribution in [-0.4, -0.2) is 26.5 Å². The molecule has 0 aliphatic rings. The normalized spacial score (nSPS) is 13.0. The van der Waals surface area contributed by atoms with Crippen LogP contribution in [0.15, 0.2) is 29.2 Å². The lowest BCUT2D eigenvalue weighted by atomic mass is 10.2. The van der Waals surface area contributed by atoms with Gasteiger partial charge in [-0.1, -0.05) is 6.07 Å². The average molecular weight is 353 g/mol. The van der Waals surface area contributed by atoms with Gasteiger partial charge < -0.3 is 4.74 Å². The monoisotopic (exact) mass is 353 g/mol. The van der Waals surface area contributed by atoms with Crippen molar-refractivity contribution in [3.63, 3.8) is 0 Å². The highest BCUT2D eigenvalue weighted by Crippen LogP contribution is 2.30. The van der Waals surface area contributed by atoms with Gasteiger partial charge in [-0.15, -0.1) is 0 Å². The predicted octanol–water partition coefficient (Wildman–Crippen LogP) is 2.72. The standard InChI is InChI=1S/C14H18F3NO4S/c1-13(2,3)22-12(19)7-8-18-23(20,21)11-6-4-5-10(9-11)14(15,16)17/h4-6,9,18H,7-8H2,1-3H3. The molecule has 1 rings (SSSR count). The summed E-state index contributed by atoms with van der Waals surface area (Å²) in [4.78, 5) is 10.9. The first kappa shape index (κ1) is 19.4. The van der Waals surface area contributed by atoms with Crippen LogP contribution >= 0.6 is 0 Å². The van der Waals surface area contributed by atoms with E-state index in [1.165, 1.54) is 0 Å². The second kappa shape index (κ2) is 6.88. The van der Waals surface area contributed by atoms with E-state index >= 15 is 0 Å². The Kier molecular flexibility index (Phi) is 5.81. The average Bonchev–Trinajstić information content (AvgIpc) is 2.35.